The van der Waals surface area contributed by atoms with Crippen molar-refractivity contribution in [2.24, 2.45) is 0 Å². The van der Waals surface area contributed by atoms with Gasteiger partial charge in [0.1, 0.15) is 0 Å². The number of morpholine rings is 1. The Morgan fingerprint density at radius 2 is 1.89 bits per heavy atom. The van der Waals surface area contributed by atoms with Gasteiger partial charge in [-0.05, 0) is 45.1 Å². The highest BCUT2D eigenvalue weighted by Gasteiger charge is 2.26. The van der Waals surface area contributed by atoms with Gasteiger partial charge < -0.3 is 14.5 Å². The molecule has 28 heavy (non-hydrogen) atoms. The Labute approximate surface area is 163 Å². The number of pyridine rings is 1. The van der Waals surface area contributed by atoms with Crippen LogP contribution in [0.2, 0.25) is 0 Å². The van der Waals surface area contributed by atoms with Crippen molar-refractivity contribution in [1.29, 1.82) is 0 Å². The van der Waals surface area contributed by atoms with E-state index in [0.29, 0.717) is 25.1 Å². The van der Waals surface area contributed by atoms with Crippen LogP contribution in [0.25, 0.3) is 22.6 Å². The Morgan fingerprint density at radius 3 is 2.64 bits per heavy atom. The quantitative estimate of drug-likeness (QED) is 0.674. The molecule has 0 spiro atoms. The van der Waals surface area contributed by atoms with Crippen molar-refractivity contribution in [3.63, 3.8) is 0 Å². The smallest absolute Gasteiger partial charge is 0.184 e. The molecule has 9 heteroatoms. The summed E-state index contributed by atoms with van der Waals surface area (Å²) in [6, 6.07) is 4.21. The molecule has 0 saturated carbocycles. The third-order valence-electron chi connectivity index (χ3n) is 5.57. The van der Waals surface area contributed by atoms with Gasteiger partial charge in [-0.2, -0.15) is 0 Å². The van der Waals surface area contributed by atoms with Crippen molar-refractivity contribution in [2.75, 3.05) is 51.3 Å². The van der Waals surface area contributed by atoms with Crippen LogP contribution in [-0.2, 0) is 4.74 Å². The first kappa shape index (κ1) is 17.4. The van der Waals surface area contributed by atoms with Crippen LogP contribution in [-0.4, -0.2) is 81.3 Å². The zero-order chi connectivity index (χ0) is 18.9. The number of piperidine rings is 1. The standard InChI is InChI=1S/C19H24N8O/c1-25-7-4-15(5-8-25)27-19-16(23-24-27)18(26-9-11-28-12-10-26)21-17(22-19)14-3-2-6-20-13-14/h2-3,6,13,15H,4-5,7-12H2,1H3. The van der Waals surface area contributed by atoms with Crippen molar-refractivity contribution < 1.29 is 4.74 Å². The third-order valence-corrected chi connectivity index (χ3v) is 5.57. The number of aromatic nitrogens is 6. The molecule has 0 atom stereocenters. The van der Waals surface area contributed by atoms with Crippen molar-refractivity contribution in [3.05, 3.63) is 24.5 Å². The molecule has 146 valence electrons. The molecule has 0 radical (unpaired) electrons. The lowest BCUT2D eigenvalue weighted by Gasteiger charge is -2.29. The lowest BCUT2D eigenvalue weighted by atomic mass is 10.1. The minimum Gasteiger partial charge on any atom is -0.378 e. The van der Waals surface area contributed by atoms with Gasteiger partial charge in [0.05, 0.1) is 19.3 Å². The maximum absolute atomic E-state index is 5.52. The normalized spacial score (nSPS) is 19.4. The largest absolute Gasteiger partial charge is 0.378 e. The highest BCUT2D eigenvalue weighted by molar-refractivity contribution is 5.85. The topological polar surface area (TPSA) is 85.1 Å². The second-order valence-electron chi connectivity index (χ2n) is 7.45. The summed E-state index contributed by atoms with van der Waals surface area (Å²) in [5.41, 5.74) is 2.48. The molecular weight excluding hydrogens is 356 g/mol. The van der Waals surface area contributed by atoms with Gasteiger partial charge in [0.15, 0.2) is 22.8 Å². The van der Waals surface area contributed by atoms with Crippen LogP contribution in [0.1, 0.15) is 18.9 Å². The van der Waals surface area contributed by atoms with E-state index in [0.717, 1.165) is 61.6 Å². The zero-order valence-corrected chi connectivity index (χ0v) is 16.0. The molecule has 3 aromatic heterocycles. The van der Waals surface area contributed by atoms with Crippen LogP contribution >= 0.6 is 0 Å². The fraction of sp³-hybridized carbons (Fsp3) is 0.526. The van der Waals surface area contributed by atoms with Gasteiger partial charge >= 0.3 is 0 Å². The molecule has 0 aliphatic carbocycles. The fourth-order valence-corrected chi connectivity index (χ4v) is 3.92. The van der Waals surface area contributed by atoms with E-state index in [4.69, 9.17) is 14.7 Å². The van der Waals surface area contributed by atoms with Crippen molar-refractivity contribution in [1.82, 2.24) is 34.8 Å². The molecule has 0 unspecified atom stereocenters. The predicted molar refractivity (Wildman–Crippen MR) is 105 cm³/mol. The summed E-state index contributed by atoms with van der Waals surface area (Å²) in [5.74, 6) is 1.50. The molecule has 9 nitrogen and oxygen atoms in total. The van der Waals surface area contributed by atoms with Crippen LogP contribution in [0.3, 0.4) is 0 Å². The maximum atomic E-state index is 5.52. The molecule has 0 amide bonds. The number of hydrogen-bond donors (Lipinski definition) is 0. The van der Waals surface area contributed by atoms with Crippen LogP contribution in [0.15, 0.2) is 24.5 Å². The summed E-state index contributed by atoms with van der Waals surface area (Å²) < 4.78 is 7.53. The van der Waals surface area contributed by atoms with Crippen molar-refractivity contribution in [3.8, 4) is 11.4 Å². The van der Waals surface area contributed by atoms with E-state index >= 15 is 0 Å². The van der Waals surface area contributed by atoms with Crippen LogP contribution in [0.5, 0.6) is 0 Å². The van der Waals surface area contributed by atoms with Crippen molar-refractivity contribution >= 4 is 17.0 Å². The van der Waals surface area contributed by atoms with E-state index in [9.17, 15) is 0 Å². The number of anilines is 1. The molecule has 0 aromatic carbocycles. The summed E-state index contributed by atoms with van der Waals surface area (Å²) >= 11 is 0. The third kappa shape index (κ3) is 3.20. The first-order chi connectivity index (χ1) is 13.8. The molecule has 2 aliphatic heterocycles. The summed E-state index contributed by atoms with van der Waals surface area (Å²) in [4.78, 5) is 18.5. The lowest BCUT2D eigenvalue weighted by Crippen LogP contribution is -2.37. The van der Waals surface area contributed by atoms with Gasteiger partial charge in [-0.1, -0.05) is 5.21 Å². The molecule has 2 saturated heterocycles. The second kappa shape index (κ2) is 7.40. The number of nitrogens with zero attached hydrogens (tertiary/aromatic N) is 8. The molecule has 5 heterocycles. The van der Waals surface area contributed by atoms with Crippen LogP contribution < -0.4 is 4.90 Å². The van der Waals surface area contributed by atoms with Gasteiger partial charge in [0, 0.05) is 31.0 Å². The molecule has 5 rings (SSSR count). The van der Waals surface area contributed by atoms with Gasteiger partial charge in [-0.25, -0.2) is 14.6 Å². The highest BCUT2D eigenvalue weighted by atomic mass is 16.5. The molecule has 3 aromatic rings. The van der Waals surface area contributed by atoms with E-state index in [1.807, 2.05) is 16.8 Å². The van der Waals surface area contributed by atoms with E-state index in [1.54, 1.807) is 12.4 Å². The van der Waals surface area contributed by atoms with E-state index in [-0.39, 0.29) is 0 Å². The van der Waals surface area contributed by atoms with E-state index in [2.05, 4.69) is 32.1 Å². The lowest BCUT2D eigenvalue weighted by molar-refractivity contribution is 0.122. The van der Waals surface area contributed by atoms with Gasteiger partial charge in [0.2, 0.25) is 0 Å². The van der Waals surface area contributed by atoms with Gasteiger partial charge in [0.25, 0.3) is 0 Å². The Hall–Kier alpha value is -2.65. The number of hydrogen-bond acceptors (Lipinski definition) is 8. The van der Waals surface area contributed by atoms with E-state index < -0.39 is 0 Å². The molecule has 0 N–H and O–H groups in total. The minimum atomic E-state index is 0.315. The van der Waals surface area contributed by atoms with Crippen LogP contribution in [0.4, 0.5) is 5.82 Å². The molecule has 2 aliphatic rings. The monoisotopic (exact) mass is 380 g/mol. The van der Waals surface area contributed by atoms with E-state index in [1.165, 1.54) is 0 Å². The fourth-order valence-electron chi connectivity index (χ4n) is 3.92. The number of fused-ring (bicyclic) bond motifs is 1. The summed E-state index contributed by atoms with van der Waals surface area (Å²) in [5, 5.41) is 9.01. The summed E-state index contributed by atoms with van der Waals surface area (Å²) in [7, 11) is 2.16. The molecular formula is C19H24N8O. The number of rotatable bonds is 3. The Kier molecular flexibility index (Phi) is 4.61. The predicted octanol–water partition coefficient (Wildman–Crippen LogP) is 1.39. The van der Waals surface area contributed by atoms with Gasteiger partial charge in [-0.15, -0.1) is 5.10 Å². The SMILES string of the molecule is CN1CCC(n2nnc3c(N4CCOCC4)nc(-c4cccnc4)nc32)CC1. The average Bonchev–Trinajstić information content (AvgIpc) is 3.19. The first-order valence-electron chi connectivity index (χ1n) is 9.84. The summed E-state index contributed by atoms with van der Waals surface area (Å²) in [6.07, 6.45) is 5.66. The summed E-state index contributed by atoms with van der Waals surface area (Å²) in [6.45, 7) is 5.08. The minimum absolute atomic E-state index is 0.315. The zero-order valence-electron chi connectivity index (χ0n) is 16.0. The maximum Gasteiger partial charge on any atom is 0.184 e. The van der Waals surface area contributed by atoms with Crippen molar-refractivity contribution in [2.45, 2.75) is 18.9 Å². The van der Waals surface area contributed by atoms with Crippen LogP contribution in [0, 0.1) is 0 Å². The Balaban J connectivity index is 1.63. The Morgan fingerprint density at radius 1 is 1.07 bits per heavy atom. The van der Waals surface area contributed by atoms with Gasteiger partial charge in [-0.3, -0.25) is 4.98 Å². The number of ether oxygens (including phenoxy) is 1. The highest BCUT2D eigenvalue weighted by Crippen LogP contribution is 2.30. The molecule has 2 fully saturated rings. The second-order valence-corrected chi connectivity index (χ2v) is 7.45. The molecule has 0 bridgehead atoms. The first-order valence-corrected chi connectivity index (χ1v) is 9.84. The number of likely N-dealkylation sites (tertiary alicyclic amines) is 1. The average molecular weight is 380 g/mol. The Bertz CT molecular complexity index is 945.